The maximum Gasteiger partial charge on any atom is 0.289 e. The van der Waals surface area contributed by atoms with E-state index in [2.05, 4.69) is 26.2 Å². The Bertz CT molecular complexity index is 993. The molecular weight excluding hydrogens is 442 g/mol. The van der Waals surface area contributed by atoms with Crippen molar-refractivity contribution in [1.82, 2.24) is 4.98 Å². The number of hydrogen-bond donors (Lipinski definition) is 1. The van der Waals surface area contributed by atoms with Crippen LogP contribution >= 0.6 is 38.9 Å². The number of nitro benzene ring substituents is 1. The van der Waals surface area contributed by atoms with Crippen molar-refractivity contribution in [3.63, 3.8) is 0 Å². The highest BCUT2D eigenvalue weighted by molar-refractivity contribution is 9.10. The minimum absolute atomic E-state index is 0.0196. The molecule has 0 saturated carbocycles. The molecule has 0 aliphatic rings. The van der Waals surface area contributed by atoms with E-state index in [0.717, 1.165) is 15.0 Å². The first-order chi connectivity index (χ1) is 12.4. The van der Waals surface area contributed by atoms with Crippen LogP contribution in [-0.4, -0.2) is 15.8 Å². The molecule has 0 spiro atoms. The maximum absolute atomic E-state index is 12.2. The second-order valence-corrected chi connectivity index (χ2v) is 7.48. The summed E-state index contributed by atoms with van der Waals surface area (Å²) < 4.78 is 0.953. The Balaban J connectivity index is 1.69. The molecule has 26 heavy (non-hydrogen) atoms. The van der Waals surface area contributed by atoms with Gasteiger partial charge in [0.15, 0.2) is 0 Å². The molecule has 3 rings (SSSR count). The van der Waals surface area contributed by atoms with Gasteiger partial charge in [0.25, 0.3) is 5.69 Å². The van der Waals surface area contributed by atoms with Crippen LogP contribution in [0, 0.1) is 10.1 Å². The summed E-state index contributed by atoms with van der Waals surface area (Å²) in [5.41, 5.74) is 1.65. The molecule has 3 aromatic rings. The number of anilines is 1. The van der Waals surface area contributed by atoms with E-state index in [0.29, 0.717) is 11.4 Å². The van der Waals surface area contributed by atoms with E-state index in [1.165, 1.54) is 29.5 Å². The third kappa shape index (κ3) is 4.46. The molecule has 2 aromatic carbocycles. The first kappa shape index (κ1) is 18.5. The van der Waals surface area contributed by atoms with Gasteiger partial charge in [0.1, 0.15) is 10.0 Å². The van der Waals surface area contributed by atoms with Gasteiger partial charge < -0.3 is 5.32 Å². The number of carbonyl (C=O) groups is 1. The highest BCUT2D eigenvalue weighted by atomic mass is 79.9. The Hall–Kier alpha value is -2.29. The van der Waals surface area contributed by atoms with E-state index in [1.54, 1.807) is 0 Å². The highest BCUT2D eigenvalue weighted by Crippen LogP contribution is 2.28. The molecule has 0 bridgehead atoms. The van der Waals surface area contributed by atoms with Gasteiger partial charge in [-0.15, -0.1) is 11.3 Å². The third-order valence-electron chi connectivity index (χ3n) is 3.39. The van der Waals surface area contributed by atoms with Crippen LogP contribution in [0.5, 0.6) is 0 Å². The standard InChI is InChI=1S/C17H11BrClN3O3S/c18-11-3-1-2-10(6-11)17-21-13(9-26-17)8-16(23)20-12-4-5-14(19)15(7-12)22(24)25/h1-7,9H,8H2,(H,20,23). The number of carbonyl (C=O) groups excluding carboxylic acids is 1. The Labute approximate surface area is 166 Å². The first-order valence-corrected chi connectivity index (χ1v) is 9.41. The quantitative estimate of drug-likeness (QED) is 0.419. The molecule has 1 N–H and O–H groups in total. The molecule has 9 heteroatoms. The number of nitro groups is 1. The van der Waals surface area contributed by atoms with Crippen molar-refractivity contribution in [3.05, 3.63) is 73.1 Å². The van der Waals surface area contributed by atoms with Crippen LogP contribution in [0.4, 0.5) is 11.4 Å². The number of halogens is 2. The fourth-order valence-electron chi connectivity index (χ4n) is 2.24. The van der Waals surface area contributed by atoms with Crippen molar-refractivity contribution in [3.8, 4) is 10.6 Å². The van der Waals surface area contributed by atoms with Crippen molar-refractivity contribution >= 4 is 56.1 Å². The average Bonchev–Trinajstić information content (AvgIpc) is 3.04. The van der Waals surface area contributed by atoms with E-state index < -0.39 is 4.92 Å². The molecule has 0 fully saturated rings. The number of rotatable bonds is 5. The van der Waals surface area contributed by atoms with Crippen LogP contribution < -0.4 is 5.32 Å². The SMILES string of the molecule is O=C(Cc1csc(-c2cccc(Br)c2)n1)Nc1ccc(Cl)c([N+](=O)[O-])c1. The molecule has 0 aliphatic carbocycles. The van der Waals surface area contributed by atoms with Crippen LogP contribution in [0.2, 0.25) is 5.02 Å². The van der Waals surface area contributed by atoms with Gasteiger partial charge in [0, 0.05) is 27.2 Å². The number of thiazole rings is 1. The minimum atomic E-state index is -0.595. The summed E-state index contributed by atoms with van der Waals surface area (Å²) in [7, 11) is 0. The predicted molar refractivity (Wildman–Crippen MR) is 106 cm³/mol. The monoisotopic (exact) mass is 451 g/mol. The van der Waals surface area contributed by atoms with Gasteiger partial charge in [-0.25, -0.2) is 4.98 Å². The molecule has 1 amide bonds. The van der Waals surface area contributed by atoms with Crippen molar-refractivity contribution in [2.75, 3.05) is 5.32 Å². The maximum atomic E-state index is 12.2. The molecule has 0 atom stereocenters. The molecule has 1 heterocycles. The van der Waals surface area contributed by atoms with Gasteiger partial charge in [-0.2, -0.15) is 0 Å². The van der Waals surface area contributed by atoms with Gasteiger partial charge in [0.05, 0.1) is 17.0 Å². The second-order valence-electron chi connectivity index (χ2n) is 5.30. The summed E-state index contributed by atoms with van der Waals surface area (Å²) in [6.45, 7) is 0. The zero-order chi connectivity index (χ0) is 18.7. The van der Waals surface area contributed by atoms with Crippen LogP contribution in [0.3, 0.4) is 0 Å². The van der Waals surface area contributed by atoms with Crippen LogP contribution in [0.25, 0.3) is 10.6 Å². The normalized spacial score (nSPS) is 10.5. The minimum Gasteiger partial charge on any atom is -0.325 e. The molecule has 0 saturated heterocycles. The Kier molecular flexibility index (Phi) is 5.65. The fourth-order valence-corrected chi connectivity index (χ4v) is 3.64. The summed E-state index contributed by atoms with van der Waals surface area (Å²) in [6.07, 6.45) is 0.0704. The molecule has 0 radical (unpaired) electrons. The van der Waals surface area contributed by atoms with E-state index in [9.17, 15) is 14.9 Å². The lowest BCUT2D eigenvalue weighted by atomic mass is 10.2. The van der Waals surface area contributed by atoms with E-state index in [4.69, 9.17) is 11.6 Å². The van der Waals surface area contributed by atoms with E-state index >= 15 is 0 Å². The van der Waals surface area contributed by atoms with Crippen molar-refractivity contribution in [2.45, 2.75) is 6.42 Å². The lowest BCUT2D eigenvalue weighted by Crippen LogP contribution is -2.14. The zero-order valence-corrected chi connectivity index (χ0v) is 16.3. The van der Waals surface area contributed by atoms with Crippen molar-refractivity contribution in [1.29, 1.82) is 0 Å². The second kappa shape index (κ2) is 7.94. The molecule has 132 valence electrons. The summed E-state index contributed by atoms with van der Waals surface area (Å²) in [4.78, 5) is 27.0. The van der Waals surface area contributed by atoms with E-state index in [1.807, 2.05) is 29.6 Å². The van der Waals surface area contributed by atoms with Crippen molar-refractivity contribution in [2.24, 2.45) is 0 Å². The number of nitrogens with zero attached hydrogens (tertiary/aromatic N) is 2. The molecule has 6 nitrogen and oxygen atoms in total. The third-order valence-corrected chi connectivity index (χ3v) is 5.14. The summed E-state index contributed by atoms with van der Waals surface area (Å²) >= 11 is 10.6. The Morgan fingerprint density at radius 3 is 2.85 bits per heavy atom. The fraction of sp³-hybridized carbons (Fsp3) is 0.0588. The lowest BCUT2D eigenvalue weighted by Gasteiger charge is -2.04. The van der Waals surface area contributed by atoms with Crippen LogP contribution in [0.1, 0.15) is 5.69 Å². The Morgan fingerprint density at radius 2 is 2.12 bits per heavy atom. The number of hydrogen-bond acceptors (Lipinski definition) is 5. The highest BCUT2D eigenvalue weighted by Gasteiger charge is 2.15. The zero-order valence-electron chi connectivity index (χ0n) is 13.1. The largest absolute Gasteiger partial charge is 0.325 e. The first-order valence-electron chi connectivity index (χ1n) is 7.36. The van der Waals surface area contributed by atoms with E-state index in [-0.39, 0.29) is 23.0 Å². The van der Waals surface area contributed by atoms with Crippen LogP contribution in [-0.2, 0) is 11.2 Å². The predicted octanol–water partition coefficient (Wildman–Crippen LogP) is 5.32. The average molecular weight is 453 g/mol. The summed E-state index contributed by atoms with van der Waals surface area (Å²) in [5, 5.41) is 16.2. The molecule has 0 aliphatic heterocycles. The van der Waals surface area contributed by atoms with Crippen LogP contribution in [0.15, 0.2) is 52.3 Å². The van der Waals surface area contributed by atoms with Gasteiger partial charge in [-0.3, -0.25) is 14.9 Å². The summed E-state index contributed by atoms with van der Waals surface area (Å²) in [6, 6.07) is 11.9. The molecule has 0 unspecified atom stereocenters. The van der Waals surface area contributed by atoms with Crippen molar-refractivity contribution < 1.29 is 9.72 Å². The number of nitrogens with one attached hydrogen (secondary N) is 1. The Morgan fingerprint density at radius 1 is 1.31 bits per heavy atom. The smallest absolute Gasteiger partial charge is 0.289 e. The van der Waals surface area contributed by atoms with Gasteiger partial charge in [0.2, 0.25) is 5.91 Å². The number of amides is 1. The van der Waals surface area contributed by atoms with Gasteiger partial charge in [-0.1, -0.05) is 39.7 Å². The number of aromatic nitrogens is 1. The van der Waals surface area contributed by atoms with Gasteiger partial charge >= 0.3 is 0 Å². The molecular formula is C17H11BrClN3O3S. The van der Waals surface area contributed by atoms with Gasteiger partial charge in [-0.05, 0) is 24.3 Å². The lowest BCUT2D eigenvalue weighted by molar-refractivity contribution is -0.384. The number of benzene rings is 2. The molecule has 1 aromatic heterocycles. The summed E-state index contributed by atoms with van der Waals surface area (Å²) in [5.74, 6) is -0.312. The topological polar surface area (TPSA) is 85.1 Å².